The van der Waals surface area contributed by atoms with Crippen molar-refractivity contribution in [3.05, 3.63) is 60.4 Å². The van der Waals surface area contributed by atoms with Gasteiger partial charge < -0.3 is 10.6 Å². The third-order valence-corrected chi connectivity index (χ3v) is 4.70. The summed E-state index contributed by atoms with van der Waals surface area (Å²) in [5, 5.41) is 5.67. The van der Waals surface area contributed by atoms with Crippen LogP contribution < -0.4 is 10.6 Å². The van der Waals surface area contributed by atoms with E-state index in [4.69, 9.17) is 0 Å². The second kappa shape index (κ2) is 7.00. The third kappa shape index (κ3) is 3.18. The van der Waals surface area contributed by atoms with E-state index in [1.165, 1.54) is 0 Å². The lowest BCUT2D eigenvalue weighted by Gasteiger charge is -2.15. The summed E-state index contributed by atoms with van der Waals surface area (Å²) in [7, 11) is 0. The fraction of sp³-hybridized carbons (Fsp3) is 0.250. The molecule has 2 heterocycles. The van der Waals surface area contributed by atoms with Crippen molar-refractivity contribution < 1.29 is 9.59 Å². The topological polar surface area (TPSA) is 76.0 Å². The van der Waals surface area contributed by atoms with Crippen LogP contribution in [-0.4, -0.2) is 34.0 Å². The highest BCUT2D eigenvalue weighted by Gasteiger charge is 2.22. The van der Waals surface area contributed by atoms with Gasteiger partial charge in [-0.25, -0.2) is 4.98 Å². The Morgan fingerprint density at radius 1 is 1.12 bits per heavy atom. The molecule has 132 valence electrons. The Balaban J connectivity index is 1.52. The number of imidazole rings is 1. The predicted octanol–water partition coefficient (Wildman–Crippen LogP) is 2.42. The minimum Gasteiger partial charge on any atom is -0.354 e. The number of carbonyl (C=O) groups excluding carboxylic acids is 2. The predicted molar refractivity (Wildman–Crippen MR) is 99.2 cm³/mol. The molecule has 1 aliphatic heterocycles. The Labute approximate surface area is 151 Å². The summed E-state index contributed by atoms with van der Waals surface area (Å²) < 4.78 is 1.98. The fourth-order valence-electron chi connectivity index (χ4n) is 3.26. The highest BCUT2D eigenvalue weighted by atomic mass is 16.2. The Hall–Kier alpha value is -3.15. The minimum absolute atomic E-state index is 0.0997. The molecule has 1 aromatic heterocycles. The van der Waals surface area contributed by atoms with Gasteiger partial charge in [0.1, 0.15) is 12.4 Å². The maximum atomic E-state index is 12.5. The highest BCUT2D eigenvalue weighted by molar-refractivity contribution is 5.97. The Morgan fingerprint density at radius 3 is 2.77 bits per heavy atom. The number of hydrogen-bond acceptors (Lipinski definition) is 3. The smallest absolute Gasteiger partial charge is 0.251 e. The molecule has 2 aromatic carbocycles. The number of benzene rings is 2. The monoisotopic (exact) mass is 348 g/mol. The zero-order chi connectivity index (χ0) is 17.9. The average Bonchev–Trinajstić information content (AvgIpc) is 3.00. The summed E-state index contributed by atoms with van der Waals surface area (Å²) in [6, 6.07) is 14.8. The zero-order valence-corrected chi connectivity index (χ0v) is 14.3. The number of rotatable bonds is 3. The molecule has 6 heteroatoms. The lowest BCUT2D eigenvalue weighted by atomic mass is 10.1. The van der Waals surface area contributed by atoms with E-state index in [1.807, 2.05) is 41.0 Å². The molecule has 1 fully saturated rings. The van der Waals surface area contributed by atoms with Crippen molar-refractivity contribution in [2.75, 3.05) is 6.54 Å². The number of amides is 2. The summed E-state index contributed by atoms with van der Waals surface area (Å²) in [6.45, 7) is 0.679. The van der Waals surface area contributed by atoms with Crippen LogP contribution in [0.25, 0.3) is 16.7 Å². The first kappa shape index (κ1) is 16.3. The molecule has 2 N–H and O–H groups in total. The number of aromatic nitrogens is 2. The molecule has 1 aliphatic rings. The van der Waals surface area contributed by atoms with Crippen molar-refractivity contribution in [1.29, 1.82) is 0 Å². The standard InChI is InChI=1S/C20H20N4O2/c25-19(23-17-6-3-4-12-21-20(17)26)14-8-10-15(11-9-14)24-13-22-16-5-1-2-7-18(16)24/h1-2,5,7-11,13,17H,3-4,6,12H2,(H,21,26)(H,23,25)/t17-/m1/s1. The SMILES string of the molecule is O=C(N[C@@H]1CCCCNC1=O)c1ccc(-n2cnc3ccccc32)cc1. The first-order chi connectivity index (χ1) is 12.7. The van der Waals surface area contributed by atoms with Crippen LogP contribution in [0.15, 0.2) is 54.9 Å². The van der Waals surface area contributed by atoms with E-state index in [0.29, 0.717) is 18.5 Å². The van der Waals surface area contributed by atoms with Crippen LogP contribution >= 0.6 is 0 Å². The summed E-state index contributed by atoms with van der Waals surface area (Å²) in [5.74, 6) is -0.327. The van der Waals surface area contributed by atoms with E-state index in [1.54, 1.807) is 18.5 Å². The molecule has 0 aliphatic carbocycles. The number of fused-ring (bicyclic) bond motifs is 1. The van der Waals surface area contributed by atoms with Crippen LogP contribution in [0.4, 0.5) is 0 Å². The quantitative estimate of drug-likeness (QED) is 0.763. The third-order valence-electron chi connectivity index (χ3n) is 4.70. The van der Waals surface area contributed by atoms with Crippen LogP contribution in [-0.2, 0) is 4.79 Å². The first-order valence-electron chi connectivity index (χ1n) is 8.83. The Kier molecular flexibility index (Phi) is 4.39. The van der Waals surface area contributed by atoms with E-state index < -0.39 is 6.04 Å². The minimum atomic E-state index is -0.456. The fourth-order valence-corrected chi connectivity index (χ4v) is 3.26. The molecule has 2 amide bonds. The van der Waals surface area contributed by atoms with Crippen LogP contribution in [0.1, 0.15) is 29.6 Å². The van der Waals surface area contributed by atoms with Gasteiger partial charge in [-0.1, -0.05) is 12.1 Å². The number of nitrogens with one attached hydrogen (secondary N) is 2. The van der Waals surface area contributed by atoms with E-state index >= 15 is 0 Å². The van der Waals surface area contributed by atoms with Gasteiger partial charge in [-0.05, 0) is 55.7 Å². The van der Waals surface area contributed by atoms with Gasteiger partial charge in [0.05, 0.1) is 11.0 Å². The number of para-hydroxylation sites is 2. The lowest BCUT2D eigenvalue weighted by Crippen LogP contribution is -2.45. The maximum absolute atomic E-state index is 12.5. The molecule has 0 radical (unpaired) electrons. The van der Waals surface area contributed by atoms with Gasteiger partial charge in [-0.2, -0.15) is 0 Å². The molecule has 6 nitrogen and oxygen atoms in total. The first-order valence-corrected chi connectivity index (χ1v) is 8.83. The van der Waals surface area contributed by atoms with Crippen molar-refractivity contribution in [2.45, 2.75) is 25.3 Å². The van der Waals surface area contributed by atoms with Gasteiger partial charge in [-0.3, -0.25) is 14.2 Å². The van der Waals surface area contributed by atoms with Gasteiger partial charge in [0.25, 0.3) is 5.91 Å². The van der Waals surface area contributed by atoms with Gasteiger partial charge in [0.15, 0.2) is 0 Å². The van der Waals surface area contributed by atoms with Gasteiger partial charge >= 0.3 is 0 Å². The Morgan fingerprint density at radius 2 is 1.92 bits per heavy atom. The van der Waals surface area contributed by atoms with Crippen molar-refractivity contribution in [3.8, 4) is 5.69 Å². The van der Waals surface area contributed by atoms with E-state index in [2.05, 4.69) is 15.6 Å². The molecule has 4 rings (SSSR count). The highest BCUT2D eigenvalue weighted by Crippen LogP contribution is 2.18. The summed E-state index contributed by atoms with van der Waals surface area (Å²) in [6.07, 6.45) is 4.33. The van der Waals surface area contributed by atoms with Crippen molar-refractivity contribution in [1.82, 2.24) is 20.2 Å². The van der Waals surface area contributed by atoms with Gasteiger partial charge in [0.2, 0.25) is 5.91 Å². The van der Waals surface area contributed by atoms with Crippen LogP contribution in [0.5, 0.6) is 0 Å². The van der Waals surface area contributed by atoms with Crippen LogP contribution in [0.2, 0.25) is 0 Å². The molecule has 1 atom stereocenters. The van der Waals surface area contributed by atoms with Gasteiger partial charge in [0, 0.05) is 17.8 Å². The average molecular weight is 348 g/mol. The molecule has 0 unspecified atom stereocenters. The summed E-state index contributed by atoms with van der Waals surface area (Å²) in [5.41, 5.74) is 3.41. The van der Waals surface area contributed by atoms with E-state index in [-0.39, 0.29) is 11.8 Å². The summed E-state index contributed by atoms with van der Waals surface area (Å²) in [4.78, 5) is 28.8. The van der Waals surface area contributed by atoms with Crippen molar-refractivity contribution >= 4 is 22.8 Å². The molecule has 3 aromatic rings. The lowest BCUT2D eigenvalue weighted by molar-refractivity contribution is -0.122. The Bertz CT molecular complexity index is 946. The van der Waals surface area contributed by atoms with E-state index in [0.717, 1.165) is 29.6 Å². The zero-order valence-electron chi connectivity index (χ0n) is 14.3. The molecule has 0 spiro atoms. The molecule has 26 heavy (non-hydrogen) atoms. The largest absolute Gasteiger partial charge is 0.354 e. The van der Waals surface area contributed by atoms with Gasteiger partial charge in [-0.15, -0.1) is 0 Å². The summed E-state index contributed by atoms with van der Waals surface area (Å²) >= 11 is 0. The second-order valence-corrected chi connectivity index (χ2v) is 6.46. The molecular weight excluding hydrogens is 328 g/mol. The normalized spacial score (nSPS) is 17.5. The van der Waals surface area contributed by atoms with Crippen LogP contribution in [0.3, 0.4) is 0 Å². The number of nitrogens with zero attached hydrogens (tertiary/aromatic N) is 2. The van der Waals surface area contributed by atoms with Crippen molar-refractivity contribution in [3.63, 3.8) is 0 Å². The second-order valence-electron chi connectivity index (χ2n) is 6.46. The molecular formula is C20H20N4O2. The number of carbonyl (C=O) groups is 2. The molecule has 0 saturated carbocycles. The number of hydrogen-bond donors (Lipinski definition) is 2. The van der Waals surface area contributed by atoms with E-state index in [9.17, 15) is 9.59 Å². The van der Waals surface area contributed by atoms with Crippen LogP contribution in [0, 0.1) is 0 Å². The molecule has 0 bridgehead atoms. The molecule has 1 saturated heterocycles. The maximum Gasteiger partial charge on any atom is 0.251 e. The van der Waals surface area contributed by atoms with Crippen molar-refractivity contribution in [2.24, 2.45) is 0 Å².